The molecule has 0 aliphatic carbocycles. The van der Waals surface area contributed by atoms with Gasteiger partial charge in [0.15, 0.2) is 0 Å². The molecule has 0 aliphatic heterocycles. The molecule has 0 aromatic rings. The molecule has 1 amide bonds. The highest BCUT2D eigenvalue weighted by Gasteiger charge is 1.98. The summed E-state index contributed by atoms with van der Waals surface area (Å²) in [5.74, 6) is 0.220. The van der Waals surface area contributed by atoms with E-state index in [9.17, 15) is 8.68 Å². The fourth-order valence-electron chi connectivity index (χ4n) is 0.627. The van der Waals surface area contributed by atoms with Crippen molar-refractivity contribution in [3.8, 4) is 0 Å². The van der Waals surface area contributed by atoms with Crippen LogP contribution in [0.15, 0.2) is 0 Å². The van der Waals surface area contributed by atoms with Crippen molar-refractivity contribution in [1.29, 1.82) is 0 Å². The maximum atomic E-state index is 11.5. The van der Waals surface area contributed by atoms with Gasteiger partial charge in [-0.05, 0) is 6.92 Å². The molecule has 0 fully saturated rings. The average Bonchev–Trinajstić information content (AvgIpc) is 2.06. The summed E-state index contributed by atoms with van der Waals surface area (Å²) < 4.78 is 16.5. The van der Waals surface area contributed by atoms with Gasteiger partial charge in [-0.15, -0.1) is 0 Å². The molecule has 0 saturated carbocycles. The highest BCUT2D eigenvalue weighted by molar-refractivity contribution is 7.94. The summed E-state index contributed by atoms with van der Waals surface area (Å²) in [6, 6.07) is 0. The molecule has 0 aliphatic rings. The van der Waals surface area contributed by atoms with E-state index in [4.69, 9.17) is 4.74 Å². The molecule has 0 rings (SSSR count). The molecule has 0 heterocycles. The molecule has 1 N–H and O–H groups in total. The molecule has 0 aromatic carbocycles. The Balaban J connectivity index is 3.10. The summed E-state index contributed by atoms with van der Waals surface area (Å²) in [5.41, 5.74) is 0. The van der Waals surface area contributed by atoms with Crippen molar-refractivity contribution < 1.29 is 13.4 Å². The second kappa shape index (κ2) is 8.80. The Morgan fingerprint density at radius 2 is 2.42 bits per heavy atom. The first-order chi connectivity index (χ1) is 5.81. The van der Waals surface area contributed by atoms with Gasteiger partial charge in [-0.3, -0.25) is 4.79 Å². The first kappa shape index (κ1) is 11.7. The van der Waals surface area contributed by atoms with Gasteiger partial charge in [0.2, 0.25) is 5.91 Å². The molecular weight excluding hydrogens is 181 g/mol. The van der Waals surface area contributed by atoms with E-state index >= 15 is 0 Å². The van der Waals surface area contributed by atoms with Gasteiger partial charge in [-0.25, -0.2) is 0 Å². The van der Waals surface area contributed by atoms with Crippen LogP contribution in [0.25, 0.3) is 0 Å². The highest BCUT2D eigenvalue weighted by Crippen LogP contribution is 1.96. The van der Waals surface area contributed by atoms with Crippen molar-refractivity contribution >= 4 is 18.1 Å². The number of hydrogen-bond donors (Lipinski definition) is 1. The van der Waals surface area contributed by atoms with E-state index < -0.39 is 0 Å². The van der Waals surface area contributed by atoms with E-state index in [0.717, 1.165) is 0 Å². The highest BCUT2D eigenvalue weighted by atomic mass is 32.2. The SMILES string of the molecule is CCOCCC(=O)NCCSF. The van der Waals surface area contributed by atoms with Crippen LogP contribution in [-0.4, -0.2) is 31.4 Å². The molecule has 0 spiro atoms. The van der Waals surface area contributed by atoms with Crippen molar-refractivity contribution in [3.63, 3.8) is 0 Å². The molecular formula is C7H14FNO2S. The molecule has 0 saturated heterocycles. The van der Waals surface area contributed by atoms with Crippen molar-refractivity contribution in [3.05, 3.63) is 0 Å². The van der Waals surface area contributed by atoms with Crippen LogP contribution in [0.4, 0.5) is 3.89 Å². The number of ether oxygens (including phenoxy) is 1. The zero-order valence-corrected chi connectivity index (χ0v) is 7.95. The quantitative estimate of drug-likeness (QED) is 0.619. The molecule has 72 valence electrons. The molecule has 3 nitrogen and oxygen atoms in total. The Kier molecular flexibility index (Phi) is 8.59. The van der Waals surface area contributed by atoms with Crippen molar-refractivity contribution in [2.45, 2.75) is 13.3 Å². The number of hydrogen-bond acceptors (Lipinski definition) is 3. The Bertz CT molecular complexity index is 112. The summed E-state index contributed by atoms with van der Waals surface area (Å²) >= 11 is 0.226. The normalized spacial score (nSPS) is 9.83. The predicted octanol–water partition coefficient (Wildman–Crippen LogP) is 1.15. The van der Waals surface area contributed by atoms with Gasteiger partial charge in [0.05, 0.1) is 6.61 Å². The van der Waals surface area contributed by atoms with E-state index in [-0.39, 0.29) is 18.1 Å². The van der Waals surface area contributed by atoms with Crippen LogP contribution in [0.5, 0.6) is 0 Å². The van der Waals surface area contributed by atoms with Crippen LogP contribution in [0.3, 0.4) is 0 Å². The monoisotopic (exact) mass is 195 g/mol. The number of carbonyl (C=O) groups is 1. The first-order valence-corrected chi connectivity index (χ1v) is 4.77. The minimum Gasteiger partial charge on any atom is -0.381 e. The molecule has 5 heteroatoms. The Morgan fingerprint density at radius 3 is 3.00 bits per heavy atom. The third kappa shape index (κ3) is 7.81. The van der Waals surface area contributed by atoms with E-state index in [0.29, 0.717) is 31.9 Å². The maximum Gasteiger partial charge on any atom is 0.222 e. The van der Waals surface area contributed by atoms with Crippen molar-refractivity contribution in [1.82, 2.24) is 5.32 Å². The van der Waals surface area contributed by atoms with Crippen LogP contribution >= 0.6 is 12.1 Å². The lowest BCUT2D eigenvalue weighted by Crippen LogP contribution is -2.26. The van der Waals surface area contributed by atoms with Gasteiger partial charge in [-0.1, -0.05) is 0 Å². The van der Waals surface area contributed by atoms with Crippen LogP contribution in [0.1, 0.15) is 13.3 Å². The zero-order valence-electron chi connectivity index (χ0n) is 7.14. The number of amides is 1. The average molecular weight is 195 g/mol. The summed E-state index contributed by atoms with van der Waals surface area (Å²) in [5, 5.41) is 2.56. The molecule has 0 aromatic heterocycles. The molecule has 0 radical (unpaired) electrons. The van der Waals surface area contributed by atoms with E-state index in [1.807, 2.05) is 6.92 Å². The Labute approximate surface area is 76.3 Å². The Hall–Kier alpha value is -0.290. The third-order valence-corrected chi connectivity index (χ3v) is 1.54. The van der Waals surface area contributed by atoms with Crippen molar-refractivity contribution in [2.75, 3.05) is 25.5 Å². The van der Waals surface area contributed by atoms with Crippen LogP contribution in [-0.2, 0) is 9.53 Å². The Morgan fingerprint density at radius 1 is 1.67 bits per heavy atom. The minimum atomic E-state index is -0.0856. The molecule has 0 bridgehead atoms. The first-order valence-electron chi connectivity index (χ1n) is 3.89. The smallest absolute Gasteiger partial charge is 0.222 e. The standard InChI is InChI=1S/C7H14FNO2S/c1-2-11-5-3-7(10)9-4-6-12-8/h2-6H2,1H3,(H,9,10). The van der Waals surface area contributed by atoms with Crippen molar-refractivity contribution in [2.24, 2.45) is 0 Å². The number of carbonyl (C=O) groups excluding carboxylic acids is 1. The third-order valence-electron chi connectivity index (χ3n) is 1.18. The van der Waals surface area contributed by atoms with Gasteiger partial charge in [0.25, 0.3) is 0 Å². The van der Waals surface area contributed by atoms with E-state index in [1.54, 1.807) is 0 Å². The van der Waals surface area contributed by atoms with Gasteiger partial charge in [0.1, 0.15) is 0 Å². The summed E-state index contributed by atoms with van der Waals surface area (Å²) in [7, 11) is 0. The van der Waals surface area contributed by atoms with E-state index in [1.165, 1.54) is 0 Å². The van der Waals surface area contributed by atoms with Gasteiger partial charge in [-0.2, -0.15) is 3.89 Å². The van der Waals surface area contributed by atoms with Gasteiger partial charge < -0.3 is 10.1 Å². The number of nitrogens with one attached hydrogen (secondary N) is 1. The van der Waals surface area contributed by atoms with Gasteiger partial charge >= 0.3 is 0 Å². The van der Waals surface area contributed by atoms with Gasteiger partial charge in [0, 0.05) is 37.5 Å². The fraction of sp³-hybridized carbons (Fsp3) is 0.857. The molecule has 0 unspecified atom stereocenters. The fourth-order valence-corrected chi connectivity index (χ4v) is 0.806. The molecule has 0 atom stereocenters. The topological polar surface area (TPSA) is 38.3 Å². The second-order valence-electron chi connectivity index (χ2n) is 2.11. The van der Waals surface area contributed by atoms with Crippen LogP contribution in [0, 0.1) is 0 Å². The summed E-state index contributed by atoms with van der Waals surface area (Å²) in [6.45, 7) is 3.31. The minimum absolute atomic E-state index is 0.0856. The number of halogens is 1. The second-order valence-corrected chi connectivity index (χ2v) is 2.74. The lowest BCUT2D eigenvalue weighted by atomic mass is 10.4. The predicted molar refractivity (Wildman–Crippen MR) is 47.7 cm³/mol. The zero-order chi connectivity index (χ0) is 9.23. The summed E-state index contributed by atoms with van der Waals surface area (Å²) in [6.07, 6.45) is 0.352. The maximum absolute atomic E-state index is 11.5. The largest absolute Gasteiger partial charge is 0.381 e. The van der Waals surface area contributed by atoms with Crippen LogP contribution in [0.2, 0.25) is 0 Å². The number of rotatable bonds is 7. The summed E-state index contributed by atoms with van der Waals surface area (Å²) in [4.78, 5) is 10.9. The van der Waals surface area contributed by atoms with Crippen LogP contribution < -0.4 is 5.32 Å². The molecule has 12 heavy (non-hydrogen) atoms. The van der Waals surface area contributed by atoms with E-state index in [2.05, 4.69) is 5.32 Å². The lowest BCUT2D eigenvalue weighted by molar-refractivity contribution is -0.122. The lowest BCUT2D eigenvalue weighted by Gasteiger charge is -2.02.